The number of urea groups is 1. The number of nitrogens with two attached hydrogens (primary N) is 2. The lowest BCUT2D eigenvalue weighted by Gasteiger charge is -2.36. The number of carbonyl (C=O) groups is 1. The number of amidine groups is 1. The second-order valence-electron chi connectivity index (χ2n) is 2.75. The lowest BCUT2D eigenvalue weighted by Crippen LogP contribution is -2.74. The number of rotatable bonds is 0. The molecule has 1 heterocycles. The van der Waals surface area contributed by atoms with E-state index in [1.165, 1.54) is 0 Å². The van der Waals surface area contributed by atoms with Gasteiger partial charge in [0, 0.05) is 0 Å². The lowest BCUT2D eigenvalue weighted by atomic mass is 10.0. The van der Waals surface area contributed by atoms with Crippen LogP contribution in [-0.4, -0.2) is 23.6 Å². The number of hydrogen-bond donors (Lipinski definition) is 5. The van der Waals surface area contributed by atoms with Crippen LogP contribution in [0.25, 0.3) is 0 Å². The molecule has 1 aliphatic heterocycles. The van der Waals surface area contributed by atoms with E-state index in [0.29, 0.717) is 0 Å². The number of nitrogens with one attached hydrogen (secondary N) is 3. The fourth-order valence-corrected chi connectivity index (χ4v) is 0.854. The summed E-state index contributed by atoms with van der Waals surface area (Å²) in [6, 6.07) is -1.16. The Balaban J connectivity index is 2.83. The first-order valence-electron chi connectivity index (χ1n) is 3.15. The highest BCUT2D eigenvalue weighted by atomic mass is 16.2. The van der Waals surface area contributed by atoms with E-state index in [1.54, 1.807) is 6.92 Å². The third kappa shape index (κ3) is 1.31. The van der Waals surface area contributed by atoms with Crippen LogP contribution in [0.4, 0.5) is 4.79 Å². The van der Waals surface area contributed by atoms with Crippen molar-refractivity contribution in [1.29, 1.82) is 5.41 Å². The summed E-state index contributed by atoms with van der Waals surface area (Å²) in [5, 5.41) is 11.8. The Hall–Kier alpha value is -1.14. The molecule has 1 rings (SSSR count). The summed E-state index contributed by atoms with van der Waals surface area (Å²) in [7, 11) is 0. The minimum absolute atomic E-state index is 0.0567. The van der Waals surface area contributed by atoms with Crippen LogP contribution in [0.3, 0.4) is 0 Å². The molecule has 6 heteroatoms. The van der Waals surface area contributed by atoms with Gasteiger partial charge in [0.25, 0.3) is 0 Å². The van der Waals surface area contributed by atoms with Crippen LogP contribution in [-0.2, 0) is 0 Å². The van der Waals surface area contributed by atoms with E-state index < -0.39 is 17.7 Å². The van der Waals surface area contributed by atoms with Gasteiger partial charge in [0.15, 0.2) is 0 Å². The van der Waals surface area contributed by atoms with Crippen LogP contribution >= 0.6 is 0 Å². The molecule has 1 saturated heterocycles. The minimum Gasteiger partial charge on any atom is -0.318 e. The largest absolute Gasteiger partial charge is 0.321 e. The summed E-state index contributed by atoms with van der Waals surface area (Å²) in [5.41, 5.74) is 10.0. The molecular formula is C5H11N5O. The summed E-state index contributed by atoms with van der Waals surface area (Å²) >= 11 is 0. The molecule has 0 bridgehead atoms. The Morgan fingerprint density at radius 1 is 1.73 bits per heavy atom. The Morgan fingerprint density at radius 3 is 2.73 bits per heavy atom. The molecule has 0 aliphatic carbocycles. The molecule has 0 saturated carbocycles. The van der Waals surface area contributed by atoms with E-state index in [4.69, 9.17) is 16.9 Å². The van der Waals surface area contributed by atoms with Gasteiger partial charge in [-0.1, -0.05) is 0 Å². The predicted octanol–water partition coefficient (Wildman–Crippen LogP) is -1.72. The molecule has 62 valence electrons. The van der Waals surface area contributed by atoms with Crippen molar-refractivity contribution < 1.29 is 4.79 Å². The molecule has 0 aromatic rings. The zero-order valence-corrected chi connectivity index (χ0v) is 6.14. The van der Waals surface area contributed by atoms with Crippen LogP contribution in [0, 0.1) is 5.41 Å². The summed E-state index contributed by atoms with van der Waals surface area (Å²) in [6.07, 6.45) is 0. The highest BCUT2D eigenvalue weighted by molar-refractivity contribution is 6.02. The monoisotopic (exact) mass is 157 g/mol. The third-order valence-corrected chi connectivity index (χ3v) is 1.59. The number of hydrogen-bond acceptors (Lipinski definition) is 4. The van der Waals surface area contributed by atoms with E-state index in [0.717, 1.165) is 0 Å². The van der Waals surface area contributed by atoms with E-state index in [9.17, 15) is 4.79 Å². The Morgan fingerprint density at radius 2 is 2.27 bits per heavy atom. The highest BCUT2D eigenvalue weighted by Crippen LogP contribution is 2.03. The summed E-state index contributed by atoms with van der Waals surface area (Å²) in [5.74, 6) is -0.0567. The van der Waals surface area contributed by atoms with Crippen LogP contribution in [0.15, 0.2) is 0 Å². The molecule has 1 aliphatic rings. The van der Waals surface area contributed by atoms with Gasteiger partial charge in [0.2, 0.25) is 0 Å². The van der Waals surface area contributed by atoms with Gasteiger partial charge in [-0.05, 0) is 6.92 Å². The van der Waals surface area contributed by atoms with Crippen molar-refractivity contribution in [3.05, 3.63) is 0 Å². The molecule has 0 aromatic carbocycles. The molecule has 2 atom stereocenters. The van der Waals surface area contributed by atoms with Crippen LogP contribution < -0.4 is 22.1 Å². The van der Waals surface area contributed by atoms with E-state index in [1.807, 2.05) is 0 Å². The Labute approximate surface area is 63.8 Å². The highest BCUT2D eigenvalue weighted by Gasteiger charge is 2.37. The smallest absolute Gasteiger partial charge is 0.318 e. The minimum atomic E-state index is -1.03. The van der Waals surface area contributed by atoms with Crippen molar-refractivity contribution >= 4 is 11.9 Å². The van der Waals surface area contributed by atoms with Crippen molar-refractivity contribution in [2.24, 2.45) is 11.5 Å². The van der Waals surface area contributed by atoms with E-state index in [-0.39, 0.29) is 5.84 Å². The van der Waals surface area contributed by atoms with Crippen LogP contribution in [0.2, 0.25) is 0 Å². The fourth-order valence-electron chi connectivity index (χ4n) is 0.854. The molecule has 2 amide bonds. The molecule has 2 unspecified atom stereocenters. The van der Waals surface area contributed by atoms with Gasteiger partial charge in [0.05, 0.1) is 6.04 Å². The first kappa shape index (κ1) is 7.96. The quantitative estimate of drug-likeness (QED) is 0.288. The summed E-state index contributed by atoms with van der Waals surface area (Å²) < 4.78 is 0. The first-order valence-corrected chi connectivity index (χ1v) is 3.15. The van der Waals surface area contributed by atoms with E-state index >= 15 is 0 Å². The third-order valence-electron chi connectivity index (χ3n) is 1.59. The van der Waals surface area contributed by atoms with Crippen LogP contribution in [0.5, 0.6) is 0 Å². The van der Waals surface area contributed by atoms with Crippen molar-refractivity contribution in [2.75, 3.05) is 0 Å². The van der Waals surface area contributed by atoms with Gasteiger partial charge >= 0.3 is 6.03 Å². The predicted molar refractivity (Wildman–Crippen MR) is 40.0 cm³/mol. The second-order valence-corrected chi connectivity index (χ2v) is 2.75. The number of carbonyl (C=O) groups excluding carboxylic acids is 1. The Bertz CT molecular complexity index is 211. The van der Waals surface area contributed by atoms with Crippen LogP contribution in [0.1, 0.15) is 6.92 Å². The normalized spacial score (nSPS) is 37.9. The van der Waals surface area contributed by atoms with Gasteiger partial charge in [-0.3, -0.25) is 10.7 Å². The zero-order chi connectivity index (χ0) is 8.65. The molecule has 0 spiro atoms. The van der Waals surface area contributed by atoms with Crippen molar-refractivity contribution in [1.82, 2.24) is 10.6 Å². The van der Waals surface area contributed by atoms with Gasteiger partial charge in [-0.25, -0.2) is 4.79 Å². The summed E-state index contributed by atoms with van der Waals surface area (Å²) in [4.78, 5) is 10.7. The SMILES string of the molecule is CC1(N)NC(=O)NC(=N)C1N. The van der Waals surface area contributed by atoms with Gasteiger partial charge < -0.3 is 16.8 Å². The molecule has 11 heavy (non-hydrogen) atoms. The average Bonchev–Trinajstić information content (AvgIpc) is 1.81. The molecule has 7 N–H and O–H groups in total. The zero-order valence-electron chi connectivity index (χ0n) is 6.14. The fraction of sp³-hybridized carbons (Fsp3) is 0.600. The average molecular weight is 157 g/mol. The number of amides is 2. The first-order chi connectivity index (χ1) is 4.93. The molecule has 0 aromatic heterocycles. The maximum absolute atomic E-state index is 10.7. The maximum Gasteiger partial charge on any atom is 0.321 e. The summed E-state index contributed by atoms with van der Waals surface area (Å²) in [6.45, 7) is 1.56. The molecule has 1 fully saturated rings. The van der Waals surface area contributed by atoms with Crippen molar-refractivity contribution in [2.45, 2.75) is 18.6 Å². The maximum atomic E-state index is 10.7. The second kappa shape index (κ2) is 2.18. The lowest BCUT2D eigenvalue weighted by molar-refractivity contribution is 0.223. The van der Waals surface area contributed by atoms with Gasteiger partial charge in [-0.15, -0.1) is 0 Å². The standard InChI is InChI=1S/C5H11N5O/c1-5(8)2(6)3(7)9-4(11)10-5/h2H,6,8H2,1H3,(H3,7,9,10,11). The van der Waals surface area contributed by atoms with E-state index in [2.05, 4.69) is 10.6 Å². The molecule has 6 nitrogen and oxygen atoms in total. The molecule has 0 radical (unpaired) electrons. The van der Waals surface area contributed by atoms with Crippen molar-refractivity contribution in [3.63, 3.8) is 0 Å². The molecular weight excluding hydrogens is 146 g/mol. The van der Waals surface area contributed by atoms with Crippen molar-refractivity contribution in [3.8, 4) is 0 Å². The Kier molecular flexibility index (Phi) is 1.57. The topological polar surface area (TPSA) is 117 Å². The van der Waals surface area contributed by atoms with Gasteiger partial charge in [0.1, 0.15) is 11.5 Å². The van der Waals surface area contributed by atoms with Gasteiger partial charge in [-0.2, -0.15) is 0 Å².